The van der Waals surface area contributed by atoms with Crippen molar-refractivity contribution < 1.29 is 32.3 Å². The lowest BCUT2D eigenvalue weighted by atomic mass is 10.1. The first-order chi connectivity index (χ1) is 17.7. The van der Waals surface area contributed by atoms with Crippen molar-refractivity contribution in [2.24, 2.45) is 0 Å². The molecule has 206 valence electrons. The zero-order valence-electron chi connectivity index (χ0n) is 22.3. The van der Waals surface area contributed by atoms with E-state index < -0.39 is 50.8 Å². The molecular formula is C25H33N5O7S. The zero-order valence-corrected chi connectivity index (χ0v) is 23.1. The summed E-state index contributed by atoms with van der Waals surface area (Å²) in [6.45, 7) is 6.75. The number of benzene rings is 1. The lowest BCUT2D eigenvalue weighted by molar-refractivity contribution is -0.157. The summed E-state index contributed by atoms with van der Waals surface area (Å²) in [5, 5.41) is -0.404. The van der Waals surface area contributed by atoms with Gasteiger partial charge in [0.05, 0.1) is 0 Å². The van der Waals surface area contributed by atoms with Gasteiger partial charge in [-0.05, 0) is 70.9 Å². The predicted octanol–water partition coefficient (Wildman–Crippen LogP) is 2.45. The van der Waals surface area contributed by atoms with E-state index in [4.69, 9.17) is 9.47 Å². The Labute approximate surface area is 222 Å². The predicted molar refractivity (Wildman–Crippen MR) is 138 cm³/mol. The molecule has 1 aromatic heterocycles. The number of sulfonamides is 1. The number of hydrogen-bond donors (Lipinski definition) is 0. The fourth-order valence-corrected chi connectivity index (χ4v) is 5.36. The van der Waals surface area contributed by atoms with Gasteiger partial charge in [-0.15, -0.1) is 0 Å². The molecule has 2 amide bonds. The quantitative estimate of drug-likeness (QED) is 0.378. The van der Waals surface area contributed by atoms with Gasteiger partial charge in [0.1, 0.15) is 23.4 Å². The van der Waals surface area contributed by atoms with Crippen LogP contribution in [-0.2, 0) is 24.3 Å². The van der Waals surface area contributed by atoms with Gasteiger partial charge in [-0.25, -0.2) is 28.0 Å². The van der Waals surface area contributed by atoms with Crippen molar-refractivity contribution >= 4 is 33.7 Å². The number of anilines is 1. The lowest BCUT2D eigenvalue weighted by Crippen LogP contribution is -2.53. The molecule has 1 fully saturated rings. The maximum atomic E-state index is 14.0. The van der Waals surface area contributed by atoms with Gasteiger partial charge in [0, 0.05) is 38.7 Å². The molecule has 0 spiro atoms. The summed E-state index contributed by atoms with van der Waals surface area (Å²) < 4.78 is 38.4. The molecule has 2 atom stereocenters. The summed E-state index contributed by atoms with van der Waals surface area (Å²) in [6.07, 6.45) is 2.74. The third-order valence-electron chi connectivity index (χ3n) is 5.63. The summed E-state index contributed by atoms with van der Waals surface area (Å²) in [5.41, 5.74) is -0.504. The van der Waals surface area contributed by atoms with Crippen LogP contribution in [-0.4, -0.2) is 83.9 Å². The van der Waals surface area contributed by atoms with Crippen LogP contribution in [0.5, 0.6) is 5.75 Å². The number of amides is 2. The van der Waals surface area contributed by atoms with Gasteiger partial charge in [0.25, 0.3) is 15.2 Å². The molecule has 1 aliphatic heterocycles. The minimum atomic E-state index is -4.17. The van der Waals surface area contributed by atoms with Crippen LogP contribution < -0.4 is 9.64 Å². The fraction of sp³-hybridized carbons (Fsp3) is 0.480. The molecule has 0 saturated carbocycles. The second-order valence-corrected chi connectivity index (χ2v) is 11.8. The molecule has 0 aliphatic carbocycles. The van der Waals surface area contributed by atoms with Crippen LogP contribution in [0.2, 0.25) is 0 Å². The number of nitrogens with zero attached hydrogens (tertiary/aromatic N) is 5. The molecule has 0 N–H and O–H groups in total. The van der Waals surface area contributed by atoms with E-state index in [9.17, 15) is 22.8 Å². The molecule has 1 aromatic carbocycles. The van der Waals surface area contributed by atoms with Gasteiger partial charge < -0.3 is 14.4 Å². The molecule has 1 saturated heterocycles. The molecule has 38 heavy (non-hydrogen) atoms. The molecule has 0 bridgehead atoms. The highest BCUT2D eigenvalue weighted by molar-refractivity contribution is 7.89. The van der Waals surface area contributed by atoms with Crippen LogP contribution in [0.25, 0.3) is 0 Å². The van der Waals surface area contributed by atoms with Crippen LogP contribution in [0.4, 0.5) is 10.5 Å². The van der Waals surface area contributed by atoms with Crippen molar-refractivity contribution in [3.05, 3.63) is 42.7 Å². The Balaban J connectivity index is 1.98. The fourth-order valence-electron chi connectivity index (χ4n) is 3.86. The Morgan fingerprint density at radius 2 is 1.68 bits per heavy atom. The summed E-state index contributed by atoms with van der Waals surface area (Å²) in [6, 6.07) is 5.33. The van der Waals surface area contributed by atoms with E-state index in [0.29, 0.717) is 12.1 Å². The van der Waals surface area contributed by atoms with Gasteiger partial charge in [-0.1, -0.05) is 0 Å². The maximum Gasteiger partial charge on any atom is 0.414 e. The van der Waals surface area contributed by atoms with Gasteiger partial charge in [-0.3, -0.25) is 9.69 Å². The van der Waals surface area contributed by atoms with Crippen molar-refractivity contribution in [2.75, 3.05) is 25.5 Å². The standard InChI is InChI=1S/C25H33N5O7S/c1-17(22(32)37-25(2,3)4)30(18-10-12-19(13-11-18)36-24(33)28(5)6)21(31)20-9-7-16-29(20)38(34,35)23-26-14-8-15-27-23/h8,10-15,17,20H,7,9,16H2,1-6H3/t17-,20-/m0/s1. The number of ether oxygens (including phenoxy) is 2. The Kier molecular flexibility index (Phi) is 8.72. The summed E-state index contributed by atoms with van der Waals surface area (Å²) in [7, 11) is -1.08. The SMILES string of the molecule is C[C@@H](C(=O)OC(C)(C)C)N(C(=O)[C@@H]1CCCN1S(=O)(=O)c1ncccn1)c1ccc(OC(=O)N(C)C)cc1. The molecule has 0 radical (unpaired) electrons. The van der Waals surface area contributed by atoms with Crippen molar-refractivity contribution in [2.45, 2.75) is 63.4 Å². The number of carbonyl (C=O) groups excluding carboxylic acids is 3. The first-order valence-electron chi connectivity index (χ1n) is 12.1. The number of carbonyl (C=O) groups is 3. The van der Waals surface area contributed by atoms with Crippen molar-refractivity contribution in [1.29, 1.82) is 0 Å². The molecule has 3 rings (SSSR count). The van der Waals surface area contributed by atoms with Crippen LogP contribution in [0.1, 0.15) is 40.5 Å². The van der Waals surface area contributed by atoms with Crippen LogP contribution >= 0.6 is 0 Å². The number of hydrogen-bond acceptors (Lipinski definition) is 9. The monoisotopic (exact) mass is 547 g/mol. The second-order valence-electron chi connectivity index (χ2n) is 9.98. The van der Waals surface area contributed by atoms with Crippen molar-refractivity contribution in [3.8, 4) is 5.75 Å². The zero-order chi connectivity index (χ0) is 28.3. The van der Waals surface area contributed by atoms with E-state index in [1.165, 1.54) is 59.4 Å². The molecule has 1 aliphatic rings. The first kappa shape index (κ1) is 29.0. The number of rotatable bonds is 7. The van der Waals surface area contributed by atoms with Crippen LogP contribution in [0, 0.1) is 0 Å². The second kappa shape index (κ2) is 11.4. The molecular weight excluding hydrogens is 514 g/mol. The van der Waals surface area contributed by atoms with Gasteiger partial charge >= 0.3 is 12.1 Å². The maximum absolute atomic E-state index is 14.0. The average Bonchev–Trinajstić information content (AvgIpc) is 3.35. The van der Waals surface area contributed by atoms with E-state index in [1.54, 1.807) is 34.9 Å². The average molecular weight is 548 g/mol. The highest BCUT2D eigenvalue weighted by Crippen LogP contribution is 2.30. The van der Waals surface area contributed by atoms with Crippen LogP contribution in [0.15, 0.2) is 47.9 Å². The Bertz CT molecular complexity index is 1260. The Morgan fingerprint density at radius 3 is 2.24 bits per heavy atom. The number of esters is 1. The minimum absolute atomic E-state index is 0.102. The van der Waals surface area contributed by atoms with Crippen LogP contribution in [0.3, 0.4) is 0 Å². The van der Waals surface area contributed by atoms with Gasteiger partial charge in [0.15, 0.2) is 0 Å². The summed E-state index contributed by atoms with van der Waals surface area (Å²) in [4.78, 5) is 49.1. The van der Waals surface area contributed by atoms with E-state index in [-0.39, 0.29) is 18.7 Å². The van der Waals surface area contributed by atoms with Crippen molar-refractivity contribution in [3.63, 3.8) is 0 Å². The first-order valence-corrected chi connectivity index (χ1v) is 13.5. The van der Waals surface area contributed by atoms with Crippen molar-refractivity contribution in [1.82, 2.24) is 19.2 Å². The van der Waals surface area contributed by atoms with E-state index in [2.05, 4.69) is 9.97 Å². The van der Waals surface area contributed by atoms with Gasteiger partial charge in [-0.2, -0.15) is 4.31 Å². The highest BCUT2D eigenvalue weighted by atomic mass is 32.2. The van der Waals surface area contributed by atoms with E-state index >= 15 is 0 Å². The van der Waals surface area contributed by atoms with E-state index in [0.717, 1.165) is 4.31 Å². The third kappa shape index (κ3) is 6.64. The summed E-state index contributed by atoms with van der Waals surface area (Å²) >= 11 is 0. The smallest absolute Gasteiger partial charge is 0.414 e. The van der Waals surface area contributed by atoms with E-state index in [1.807, 2.05) is 0 Å². The Hall–Kier alpha value is -3.58. The molecule has 12 nitrogen and oxygen atoms in total. The summed E-state index contributed by atoms with van der Waals surface area (Å²) in [5.74, 6) is -1.03. The number of aromatic nitrogens is 2. The molecule has 2 aromatic rings. The topological polar surface area (TPSA) is 139 Å². The molecule has 0 unspecified atom stereocenters. The minimum Gasteiger partial charge on any atom is -0.458 e. The molecule has 13 heteroatoms. The van der Waals surface area contributed by atoms with Gasteiger partial charge in [0.2, 0.25) is 5.91 Å². The highest BCUT2D eigenvalue weighted by Gasteiger charge is 2.44. The Morgan fingerprint density at radius 1 is 1.08 bits per heavy atom. The largest absolute Gasteiger partial charge is 0.458 e. The lowest BCUT2D eigenvalue weighted by Gasteiger charge is -2.34. The third-order valence-corrected chi connectivity index (χ3v) is 7.35. The molecule has 2 heterocycles. The normalized spacial score (nSPS) is 16.9.